The number of phenolic OH excluding ortho intramolecular Hbond substituents is 1. The van der Waals surface area contributed by atoms with Crippen LogP contribution in [0.15, 0.2) is 18.2 Å². The van der Waals surface area contributed by atoms with Crippen LogP contribution in [0.5, 0.6) is 5.75 Å². The lowest BCUT2D eigenvalue weighted by Gasteiger charge is -2.28. The molecule has 0 heterocycles. The summed E-state index contributed by atoms with van der Waals surface area (Å²) in [4.78, 5) is 12.5. The van der Waals surface area contributed by atoms with Crippen LogP contribution in [0.25, 0.3) is 0 Å². The van der Waals surface area contributed by atoms with Gasteiger partial charge in [-0.15, -0.1) is 0 Å². The third-order valence-electron chi connectivity index (χ3n) is 3.01. The zero-order chi connectivity index (χ0) is 13.7. The maximum absolute atomic E-state index is 12.9. The molecule has 0 spiro atoms. The molecule has 1 aromatic rings. The third kappa shape index (κ3) is 3.70. The molecule has 4 nitrogen and oxygen atoms in total. The van der Waals surface area contributed by atoms with Crippen molar-refractivity contribution in [1.29, 1.82) is 0 Å². The van der Waals surface area contributed by atoms with Gasteiger partial charge >= 0.3 is 5.97 Å². The number of benzene rings is 1. The fourth-order valence-electron chi connectivity index (χ4n) is 1.93. The van der Waals surface area contributed by atoms with Gasteiger partial charge in [-0.1, -0.05) is 13.0 Å². The maximum Gasteiger partial charge on any atom is 0.304 e. The molecule has 18 heavy (non-hydrogen) atoms. The van der Waals surface area contributed by atoms with E-state index in [-0.39, 0.29) is 18.2 Å². The zero-order valence-corrected chi connectivity index (χ0v) is 10.6. The number of halogens is 1. The topological polar surface area (TPSA) is 60.8 Å². The number of aromatic hydroxyl groups is 1. The molecule has 0 aliphatic heterocycles. The summed E-state index contributed by atoms with van der Waals surface area (Å²) in [7, 11) is 0. The molecule has 100 valence electrons. The molecule has 1 rings (SSSR count). The van der Waals surface area contributed by atoms with Gasteiger partial charge in [0.05, 0.1) is 6.42 Å². The minimum absolute atomic E-state index is 0.0418. The van der Waals surface area contributed by atoms with Gasteiger partial charge in [0.25, 0.3) is 0 Å². The molecule has 0 aromatic heterocycles. The first-order chi connectivity index (χ1) is 8.45. The lowest BCUT2D eigenvalue weighted by Crippen LogP contribution is -2.29. The Morgan fingerprint density at radius 3 is 2.67 bits per heavy atom. The Balaban J connectivity index is 2.82. The van der Waals surface area contributed by atoms with Crippen LogP contribution in [-0.4, -0.2) is 34.2 Å². The highest BCUT2D eigenvalue weighted by atomic mass is 19.1. The van der Waals surface area contributed by atoms with Gasteiger partial charge in [-0.25, -0.2) is 4.39 Å². The number of carboxylic acids is 1. The number of phenols is 1. The average Bonchev–Trinajstić information content (AvgIpc) is 2.29. The van der Waals surface area contributed by atoms with E-state index in [4.69, 9.17) is 5.11 Å². The number of hydrogen-bond acceptors (Lipinski definition) is 3. The molecule has 0 radical (unpaired) electrons. The fourth-order valence-corrected chi connectivity index (χ4v) is 1.93. The van der Waals surface area contributed by atoms with Crippen molar-refractivity contribution in [2.24, 2.45) is 0 Å². The molecule has 5 heteroatoms. The highest BCUT2D eigenvalue weighted by molar-refractivity contribution is 5.66. The molecule has 0 saturated heterocycles. The van der Waals surface area contributed by atoms with Crippen molar-refractivity contribution in [1.82, 2.24) is 4.90 Å². The number of carbonyl (C=O) groups is 1. The van der Waals surface area contributed by atoms with Crippen LogP contribution in [0, 0.1) is 5.82 Å². The minimum Gasteiger partial charge on any atom is -0.508 e. The Labute approximate surface area is 106 Å². The molecule has 0 saturated carbocycles. The maximum atomic E-state index is 12.9. The predicted octanol–water partition coefficient (Wildman–Crippen LogP) is 2.39. The second-order valence-electron chi connectivity index (χ2n) is 4.15. The van der Waals surface area contributed by atoms with Gasteiger partial charge in [0.1, 0.15) is 11.6 Å². The summed E-state index contributed by atoms with van der Waals surface area (Å²) < 4.78 is 12.9. The molecular formula is C13H18FNO3. The van der Waals surface area contributed by atoms with Crippen LogP contribution in [0.1, 0.15) is 31.9 Å². The number of nitrogens with zero attached hydrogens (tertiary/aromatic N) is 1. The Bertz CT molecular complexity index is 423. The second kappa shape index (κ2) is 6.35. The number of aliphatic carboxylic acids is 1. The van der Waals surface area contributed by atoms with Crippen molar-refractivity contribution in [3.8, 4) is 5.75 Å². The highest BCUT2D eigenvalue weighted by Crippen LogP contribution is 2.28. The predicted molar refractivity (Wildman–Crippen MR) is 66.0 cm³/mol. The van der Waals surface area contributed by atoms with E-state index in [2.05, 4.69) is 0 Å². The van der Waals surface area contributed by atoms with Gasteiger partial charge in [0.2, 0.25) is 0 Å². The van der Waals surface area contributed by atoms with Crippen molar-refractivity contribution < 1.29 is 19.4 Å². The van der Waals surface area contributed by atoms with Crippen LogP contribution < -0.4 is 0 Å². The summed E-state index contributed by atoms with van der Waals surface area (Å²) in [6.07, 6.45) is 0.0418. The minimum atomic E-state index is -0.857. The zero-order valence-electron chi connectivity index (χ0n) is 10.6. The summed E-state index contributed by atoms with van der Waals surface area (Å²) in [5, 5.41) is 18.4. The Hall–Kier alpha value is -1.62. The van der Waals surface area contributed by atoms with Crippen molar-refractivity contribution in [2.75, 3.05) is 13.1 Å². The molecule has 0 aliphatic carbocycles. The SMILES string of the molecule is CCN(CCC(=O)O)C(C)c1ccc(F)cc1O. The monoisotopic (exact) mass is 255 g/mol. The standard InChI is InChI=1S/C13H18FNO3/c1-3-15(7-6-13(17)18)9(2)11-5-4-10(14)8-12(11)16/h4-5,8-9,16H,3,6-7H2,1-2H3,(H,17,18). The van der Waals surface area contributed by atoms with E-state index in [9.17, 15) is 14.3 Å². The average molecular weight is 255 g/mol. The first-order valence-corrected chi connectivity index (χ1v) is 5.90. The quantitative estimate of drug-likeness (QED) is 0.819. The molecule has 2 N–H and O–H groups in total. The summed E-state index contributed by atoms with van der Waals surface area (Å²) >= 11 is 0. The second-order valence-corrected chi connectivity index (χ2v) is 4.15. The Kier molecular flexibility index (Phi) is 5.09. The van der Waals surface area contributed by atoms with E-state index in [1.807, 2.05) is 18.7 Å². The van der Waals surface area contributed by atoms with Gasteiger partial charge in [-0.05, 0) is 19.5 Å². The van der Waals surface area contributed by atoms with Gasteiger partial charge in [0.15, 0.2) is 0 Å². The molecular weight excluding hydrogens is 237 g/mol. The van der Waals surface area contributed by atoms with Gasteiger partial charge in [-0.3, -0.25) is 9.69 Å². The van der Waals surface area contributed by atoms with Crippen LogP contribution in [0.3, 0.4) is 0 Å². The molecule has 0 fully saturated rings. The Morgan fingerprint density at radius 2 is 2.17 bits per heavy atom. The number of hydrogen-bond donors (Lipinski definition) is 2. The van der Waals surface area contributed by atoms with Crippen molar-refractivity contribution in [3.05, 3.63) is 29.6 Å². The van der Waals surface area contributed by atoms with Crippen LogP contribution in [0.4, 0.5) is 4.39 Å². The van der Waals surface area contributed by atoms with E-state index < -0.39 is 11.8 Å². The molecule has 1 unspecified atom stereocenters. The Morgan fingerprint density at radius 1 is 1.50 bits per heavy atom. The van der Waals surface area contributed by atoms with Gasteiger partial charge < -0.3 is 10.2 Å². The third-order valence-corrected chi connectivity index (χ3v) is 3.01. The first kappa shape index (κ1) is 14.4. The lowest BCUT2D eigenvalue weighted by atomic mass is 10.1. The van der Waals surface area contributed by atoms with Crippen molar-refractivity contribution in [3.63, 3.8) is 0 Å². The van der Waals surface area contributed by atoms with Crippen molar-refractivity contribution in [2.45, 2.75) is 26.3 Å². The first-order valence-electron chi connectivity index (χ1n) is 5.90. The fraction of sp³-hybridized carbons (Fsp3) is 0.462. The molecule has 0 aliphatic rings. The summed E-state index contributed by atoms with van der Waals surface area (Å²) in [6, 6.07) is 3.72. The number of carboxylic acid groups (broad SMARTS) is 1. The molecule has 0 amide bonds. The lowest BCUT2D eigenvalue weighted by molar-refractivity contribution is -0.137. The van der Waals surface area contributed by atoms with E-state index in [0.717, 1.165) is 6.07 Å². The van der Waals surface area contributed by atoms with Crippen molar-refractivity contribution >= 4 is 5.97 Å². The van der Waals surface area contributed by atoms with Gasteiger partial charge in [-0.2, -0.15) is 0 Å². The van der Waals surface area contributed by atoms with E-state index in [1.165, 1.54) is 12.1 Å². The molecule has 1 atom stereocenters. The summed E-state index contributed by atoms with van der Waals surface area (Å²) in [6.45, 7) is 4.83. The number of rotatable bonds is 6. The molecule has 1 aromatic carbocycles. The summed E-state index contributed by atoms with van der Waals surface area (Å²) in [5.74, 6) is -1.45. The van der Waals surface area contributed by atoms with E-state index in [0.29, 0.717) is 18.7 Å². The summed E-state index contributed by atoms with van der Waals surface area (Å²) in [5.41, 5.74) is 0.601. The highest BCUT2D eigenvalue weighted by Gasteiger charge is 2.18. The normalized spacial score (nSPS) is 12.7. The smallest absolute Gasteiger partial charge is 0.304 e. The van der Waals surface area contributed by atoms with Gasteiger partial charge in [0, 0.05) is 24.2 Å². The largest absolute Gasteiger partial charge is 0.508 e. The van der Waals surface area contributed by atoms with E-state index in [1.54, 1.807) is 0 Å². The molecule has 0 bridgehead atoms. The van der Waals surface area contributed by atoms with Crippen LogP contribution >= 0.6 is 0 Å². The van der Waals surface area contributed by atoms with Crippen LogP contribution in [-0.2, 0) is 4.79 Å². The van der Waals surface area contributed by atoms with Crippen LogP contribution in [0.2, 0.25) is 0 Å². The van der Waals surface area contributed by atoms with E-state index >= 15 is 0 Å².